The second-order valence-electron chi connectivity index (χ2n) is 19.5. The number of imidazole rings is 1. The van der Waals surface area contributed by atoms with Crippen molar-refractivity contribution in [3.8, 4) is 22.4 Å². The number of alkyl halides is 4. The van der Waals surface area contributed by atoms with Gasteiger partial charge in [0.1, 0.15) is 5.82 Å². The maximum atomic E-state index is 16.4. The number of H-pyrrole nitrogens is 1. The number of ketones is 1. The summed E-state index contributed by atoms with van der Waals surface area (Å²) in [6.07, 6.45) is 7.82. The Labute approximate surface area is 369 Å². The summed E-state index contributed by atoms with van der Waals surface area (Å²) in [5.74, 6) is -10.4. The van der Waals surface area contributed by atoms with E-state index in [1.165, 1.54) is 32.5 Å². The summed E-state index contributed by atoms with van der Waals surface area (Å²) in [6, 6.07) is 7.39. The molecule has 3 heterocycles. The van der Waals surface area contributed by atoms with Crippen LogP contribution in [-0.4, -0.2) is 76.7 Å². The molecule has 2 N–H and O–H groups in total. The Morgan fingerprint density at radius 2 is 1.50 bits per heavy atom. The number of carbonyl (C=O) groups is 4. The molecule has 2 amide bonds. The summed E-state index contributed by atoms with van der Waals surface area (Å²) in [7, 11) is 2.54. The van der Waals surface area contributed by atoms with E-state index in [9.17, 15) is 19.2 Å². The lowest BCUT2D eigenvalue weighted by Crippen LogP contribution is -2.52. The number of ether oxygens (including phenoxy) is 2. The molecule has 6 aliphatic rings. The topological polar surface area (TPSA) is 143 Å². The molecule has 4 aliphatic carbocycles. The minimum Gasteiger partial charge on any atom is -0.469 e. The molecule has 0 spiro atoms. The highest BCUT2D eigenvalue weighted by Gasteiger charge is 2.63. The zero-order valence-corrected chi connectivity index (χ0v) is 36.9. The second-order valence-corrected chi connectivity index (χ2v) is 19.5. The number of nitrogens with zero attached hydrogens (tertiary/aromatic N) is 3. The van der Waals surface area contributed by atoms with Crippen LogP contribution in [0.25, 0.3) is 28.0 Å². The van der Waals surface area contributed by atoms with Crippen LogP contribution >= 0.6 is 0 Å². The van der Waals surface area contributed by atoms with E-state index in [1.54, 1.807) is 18.3 Å². The van der Waals surface area contributed by atoms with Crippen molar-refractivity contribution in [2.45, 2.75) is 115 Å². The maximum Gasteiger partial charge on any atom is 0.407 e. The van der Waals surface area contributed by atoms with E-state index in [-0.39, 0.29) is 88.8 Å². The van der Waals surface area contributed by atoms with Crippen molar-refractivity contribution in [3.05, 3.63) is 71.3 Å². The Kier molecular flexibility index (Phi) is 11.2. The van der Waals surface area contributed by atoms with Gasteiger partial charge in [0.2, 0.25) is 5.91 Å². The molecule has 11 nitrogen and oxygen atoms in total. The highest BCUT2D eigenvalue weighted by atomic mass is 19.3. The van der Waals surface area contributed by atoms with Gasteiger partial charge in [-0.1, -0.05) is 52.0 Å². The largest absolute Gasteiger partial charge is 0.469 e. The zero-order valence-electron chi connectivity index (χ0n) is 36.9. The molecule has 15 heteroatoms. The number of Topliss-reactive ketones (excluding diaryl/α,β-unsaturated/α-hetero) is 1. The lowest BCUT2D eigenvalue weighted by Gasteiger charge is -2.38. The van der Waals surface area contributed by atoms with Crippen LogP contribution < -0.4 is 5.32 Å². The van der Waals surface area contributed by atoms with Crippen molar-refractivity contribution in [2.75, 3.05) is 14.2 Å². The van der Waals surface area contributed by atoms with Gasteiger partial charge in [-0.15, -0.1) is 0 Å². The number of fused-ring (bicyclic) bond motifs is 7. The van der Waals surface area contributed by atoms with Gasteiger partial charge in [-0.05, 0) is 103 Å². The first-order chi connectivity index (χ1) is 30.4. The Hall–Kier alpha value is -5.34. The van der Waals surface area contributed by atoms with Crippen LogP contribution in [0.1, 0.15) is 107 Å². The van der Waals surface area contributed by atoms with Crippen molar-refractivity contribution in [2.24, 2.45) is 46.4 Å². The maximum absolute atomic E-state index is 16.4. The van der Waals surface area contributed by atoms with E-state index in [2.05, 4.69) is 15.3 Å². The number of hydrogen-bond acceptors (Lipinski definition) is 8. The number of nitrogens with one attached hydrogen (secondary N) is 2. The molecule has 64 heavy (non-hydrogen) atoms. The van der Waals surface area contributed by atoms with Crippen molar-refractivity contribution >= 4 is 35.0 Å². The van der Waals surface area contributed by atoms with Crippen LogP contribution in [0.15, 0.2) is 53.8 Å². The summed E-state index contributed by atoms with van der Waals surface area (Å²) in [6.45, 7) is 7.52. The minimum atomic E-state index is -4.57. The van der Waals surface area contributed by atoms with Crippen molar-refractivity contribution in [1.29, 1.82) is 0 Å². The molecule has 4 fully saturated rings. The molecule has 340 valence electrons. The van der Waals surface area contributed by atoms with Crippen molar-refractivity contribution in [1.82, 2.24) is 20.2 Å². The van der Waals surface area contributed by atoms with Gasteiger partial charge in [0.15, 0.2) is 5.78 Å². The molecule has 1 saturated heterocycles. The first-order valence-corrected chi connectivity index (χ1v) is 22.6. The third-order valence-electron chi connectivity index (χ3n) is 15.3. The fourth-order valence-corrected chi connectivity index (χ4v) is 12.1. The first kappa shape index (κ1) is 43.9. The van der Waals surface area contributed by atoms with Gasteiger partial charge in [0.05, 0.1) is 50.5 Å². The van der Waals surface area contributed by atoms with Crippen LogP contribution in [0.3, 0.4) is 0 Å². The number of hydrogen-bond donors (Lipinski definition) is 2. The van der Waals surface area contributed by atoms with Gasteiger partial charge in [0.25, 0.3) is 0 Å². The molecule has 2 aromatic carbocycles. The number of aliphatic imine (C=N–C) groups is 1. The smallest absolute Gasteiger partial charge is 0.407 e. The van der Waals surface area contributed by atoms with Gasteiger partial charge in [-0.2, -0.15) is 17.6 Å². The molecular weight excluding hydrogens is 831 g/mol. The third-order valence-corrected chi connectivity index (χ3v) is 15.3. The number of rotatable bonds is 12. The summed E-state index contributed by atoms with van der Waals surface area (Å²) in [4.78, 5) is 67.1. The second kappa shape index (κ2) is 16.3. The first-order valence-electron chi connectivity index (χ1n) is 22.6. The van der Waals surface area contributed by atoms with E-state index in [0.29, 0.717) is 22.7 Å². The van der Waals surface area contributed by atoms with Gasteiger partial charge < -0.3 is 24.7 Å². The number of carbonyl (C=O) groups excluding carboxylic acids is 4. The Balaban J connectivity index is 0.963. The summed E-state index contributed by atoms with van der Waals surface area (Å²) in [5.41, 5.74) is 0.716. The number of benzene rings is 2. The van der Waals surface area contributed by atoms with E-state index in [1.807, 2.05) is 32.6 Å². The number of halogens is 4. The highest BCUT2D eigenvalue weighted by Crippen LogP contribution is 2.60. The summed E-state index contributed by atoms with van der Waals surface area (Å²) >= 11 is 0. The van der Waals surface area contributed by atoms with Crippen LogP contribution in [-0.2, 0) is 35.7 Å². The molecule has 9 rings (SSSR count). The molecule has 4 bridgehead atoms. The number of amides is 2. The average molecular weight is 886 g/mol. The number of likely N-dealkylation sites (tertiary alicyclic amines) is 1. The number of esters is 1. The van der Waals surface area contributed by atoms with Gasteiger partial charge in [-0.25, -0.2) is 9.78 Å². The number of alkyl carbamates (subject to hydrolysis) is 1. The number of methoxy groups -OCH3 is 2. The van der Waals surface area contributed by atoms with E-state index < -0.39 is 52.9 Å². The molecule has 3 aromatic rings. The van der Waals surface area contributed by atoms with Gasteiger partial charge >= 0.3 is 23.9 Å². The van der Waals surface area contributed by atoms with Crippen LogP contribution in [0.5, 0.6) is 0 Å². The van der Waals surface area contributed by atoms with Crippen LogP contribution in [0, 0.1) is 41.4 Å². The fraction of sp³-hybridized carbons (Fsp3) is 0.551. The standard InChI is InChI=1S/C49H55F4N5O6/c1-23(2)34(20-39(59)63-5)46(61)58-31-12-9-29(16-31)43(58)37-19-30(21-54-37)25-10-13-32-33-14-11-26(18-36(33)49(52,53)48(50,51)35(32)17-25)38-22-55-45(56-38)41-28-8-7-27(15-28)40(41)44(60)42(24(3)4)57-47(62)64-6/h10-11,13-14,17-18,21-24,27-29,31,34,40-43H,7-9,12,15-16,19-20H2,1-6H3,(H,55,56)(H,57,62)/t27-,28+,29+,31-,34+,40?,41-,42+,43+/m1/s1. The predicted octanol–water partition coefficient (Wildman–Crippen LogP) is 9.42. The number of allylic oxidation sites excluding steroid dienone is 1. The van der Waals surface area contributed by atoms with Crippen LogP contribution in [0.2, 0.25) is 0 Å². The molecule has 3 saturated carbocycles. The Morgan fingerprint density at radius 3 is 2.16 bits per heavy atom. The predicted molar refractivity (Wildman–Crippen MR) is 230 cm³/mol. The van der Waals surface area contributed by atoms with E-state index >= 15 is 17.6 Å². The quantitative estimate of drug-likeness (QED) is 0.136. The minimum absolute atomic E-state index is 0.00213. The van der Waals surface area contributed by atoms with Crippen molar-refractivity contribution in [3.63, 3.8) is 0 Å². The molecular formula is C49H55F4N5O6. The zero-order chi connectivity index (χ0) is 45.6. The normalized spacial score (nSPS) is 27.8. The third kappa shape index (κ3) is 7.06. The lowest BCUT2D eigenvalue weighted by molar-refractivity contribution is -0.225. The van der Waals surface area contributed by atoms with Crippen LogP contribution in [0.4, 0.5) is 22.4 Å². The van der Waals surface area contributed by atoms with Crippen molar-refractivity contribution < 1.29 is 46.2 Å². The van der Waals surface area contributed by atoms with E-state index in [4.69, 9.17) is 14.5 Å². The SMILES string of the molecule is COC(=O)C[C@H](C(=O)N1[C@@H]2CC[C@@H](C2)[C@H]1C1=NC=C(c2ccc3c(c2)C(F)(F)C(F)(F)c2cc(-c4cnc([C@H]5C(C(=O)[C@@H](NC(=O)OC)C(C)C)[C@@H]6CC[C@H]5C6)[nH]4)ccc2-3)C1)C(C)C. The molecule has 1 aromatic heterocycles. The number of aromatic nitrogens is 2. The number of piperidine rings is 1. The lowest BCUT2D eigenvalue weighted by atomic mass is 9.73. The number of aromatic amines is 1. The molecule has 0 radical (unpaired) electrons. The molecule has 1 unspecified atom stereocenters. The highest BCUT2D eigenvalue weighted by molar-refractivity contribution is 6.04. The Morgan fingerprint density at radius 1 is 0.844 bits per heavy atom. The van der Waals surface area contributed by atoms with Gasteiger partial charge in [-0.3, -0.25) is 19.4 Å². The Bertz CT molecular complexity index is 2460. The average Bonchev–Trinajstić information content (AvgIpc) is 4.15. The summed E-state index contributed by atoms with van der Waals surface area (Å²) in [5, 5.41) is 2.70. The van der Waals surface area contributed by atoms with Gasteiger partial charge in [0, 0.05) is 52.9 Å². The molecule has 2 aliphatic heterocycles. The summed E-state index contributed by atoms with van der Waals surface area (Å²) < 4.78 is 75.1. The fourth-order valence-electron chi connectivity index (χ4n) is 12.1. The molecule has 9 atom stereocenters. The monoisotopic (exact) mass is 885 g/mol. The van der Waals surface area contributed by atoms with E-state index in [0.717, 1.165) is 56.4 Å².